The van der Waals surface area contributed by atoms with Crippen molar-refractivity contribution in [3.05, 3.63) is 29.8 Å². The lowest BCUT2D eigenvalue weighted by atomic mass is 10.00. The zero-order valence-electron chi connectivity index (χ0n) is 13.6. The zero-order valence-corrected chi connectivity index (χ0v) is 14.3. The van der Waals surface area contributed by atoms with Crippen molar-refractivity contribution < 1.29 is 36.2 Å². The fourth-order valence-corrected chi connectivity index (χ4v) is 2.14. The molecule has 26 heavy (non-hydrogen) atoms. The van der Waals surface area contributed by atoms with Crippen LogP contribution in [0.25, 0.3) is 0 Å². The first kappa shape index (κ1) is 22.4. The highest BCUT2D eigenvalue weighted by atomic mass is 35.5. The van der Waals surface area contributed by atoms with Crippen LogP contribution in [0.3, 0.4) is 0 Å². The third kappa shape index (κ3) is 4.53. The summed E-state index contributed by atoms with van der Waals surface area (Å²) in [4.78, 5) is 13.2. The number of benzene rings is 1. The monoisotopic (exact) mass is 406 g/mol. The van der Waals surface area contributed by atoms with Crippen molar-refractivity contribution in [1.82, 2.24) is 5.32 Å². The highest BCUT2D eigenvalue weighted by molar-refractivity contribution is 6.18. The van der Waals surface area contributed by atoms with Gasteiger partial charge in [0.25, 0.3) is 0 Å². The smallest absolute Gasteiger partial charge is 0.350 e. The Morgan fingerprint density at radius 1 is 1.15 bits per heavy atom. The second-order valence-electron chi connectivity index (χ2n) is 5.31. The summed E-state index contributed by atoms with van der Waals surface area (Å²) in [7, 11) is 0. The molecule has 2 amide bonds. The Morgan fingerprint density at radius 2 is 1.69 bits per heavy atom. The molecule has 1 atom stereocenters. The molecule has 148 valence electrons. The van der Waals surface area contributed by atoms with Crippen LogP contribution in [-0.2, 0) is 5.92 Å². The summed E-state index contributed by atoms with van der Waals surface area (Å²) < 4.78 is 78.0. The standard InChI is InChI=1S/C15H17ClF6N2O2/c1-2-9-24(12(25)23-8-7-16)11-5-3-10(4-6-11)13(17,18)14(19,26)15(20,21)22/h3-6,26H,2,7-9H2,1H3,(H,23,25). The Kier molecular flexibility index (Phi) is 7.17. The largest absolute Gasteiger partial charge is 0.455 e. The van der Waals surface area contributed by atoms with Gasteiger partial charge in [-0.2, -0.15) is 26.3 Å². The normalized spacial score (nSPS) is 14.7. The second kappa shape index (κ2) is 8.34. The van der Waals surface area contributed by atoms with Gasteiger partial charge in [0.1, 0.15) is 0 Å². The molecule has 0 aliphatic rings. The fourth-order valence-electron chi connectivity index (χ4n) is 2.04. The summed E-state index contributed by atoms with van der Waals surface area (Å²) in [5.74, 6) is -10.8. The van der Waals surface area contributed by atoms with Crippen molar-refractivity contribution in [2.24, 2.45) is 0 Å². The van der Waals surface area contributed by atoms with Crippen molar-refractivity contribution in [2.75, 3.05) is 23.9 Å². The van der Waals surface area contributed by atoms with Gasteiger partial charge in [0.05, 0.1) is 0 Å². The predicted octanol–water partition coefficient (Wildman–Crippen LogP) is 4.16. The summed E-state index contributed by atoms with van der Waals surface area (Å²) in [6.07, 6.45) is -5.69. The quantitative estimate of drug-likeness (QED) is 0.527. The van der Waals surface area contributed by atoms with Gasteiger partial charge in [0, 0.05) is 30.2 Å². The van der Waals surface area contributed by atoms with Crippen molar-refractivity contribution in [1.29, 1.82) is 0 Å². The maximum Gasteiger partial charge on any atom is 0.455 e. The molecule has 11 heteroatoms. The van der Waals surface area contributed by atoms with E-state index in [2.05, 4.69) is 5.32 Å². The molecule has 1 aromatic rings. The number of hydrogen-bond donors (Lipinski definition) is 2. The van der Waals surface area contributed by atoms with Crippen LogP contribution in [0.5, 0.6) is 0 Å². The van der Waals surface area contributed by atoms with Crippen molar-refractivity contribution in [3.8, 4) is 0 Å². The van der Waals surface area contributed by atoms with Crippen LogP contribution in [0.2, 0.25) is 0 Å². The third-order valence-corrected chi connectivity index (χ3v) is 3.59. The number of nitrogens with one attached hydrogen (secondary N) is 1. The van der Waals surface area contributed by atoms with E-state index in [9.17, 15) is 31.1 Å². The summed E-state index contributed by atoms with van der Waals surface area (Å²) in [5.41, 5.74) is -1.28. The molecule has 0 saturated heterocycles. The van der Waals surface area contributed by atoms with Gasteiger partial charge in [-0.25, -0.2) is 4.79 Å². The summed E-state index contributed by atoms with van der Waals surface area (Å²) >= 11 is 5.46. The molecule has 0 aromatic heterocycles. The molecule has 0 heterocycles. The summed E-state index contributed by atoms with van der Waals surface area (Å²) in [5, 5.41) is 11.1. The van der Waals surface area contributed by atoms with Crippen molar-refractivity contribution in [3.63, 3.8) is 0 Å². The topological polar surface area (TPSA) is 52.6 Å². The molecule has 0 saturated carbocycles. The number of urea groups is 1. The molecule has 0 radical (unpaired) electrons. The molecule has 4 nitrogen and oxygen atoms in total. The molecule has 1 unspecified atom stereocenters. The summed E-state index contributed by atoms with van der Waals surface area (Å²) in [6.45, 7) is 2.09. The van der Waals surface area contributed by atoms with Crippen LogP contribution < -0.4 is 10.2 Å². The Morgan fingerprint density at radius 3 is 2.12 bits per heavy atom. The molecular weight excluding hydrogens is 390 g/mol. The van der Waals surface area contributed by atoms with E-state index in [4.69, 9.17) is 16.7 Å². The first-order valence-corrected chi connectivity index (χ1v) is 8.01. The second-order valence-corrected chi connectivity index (χ2v) is 5.69. The molecule has 1 aromatic carbocycles. The highest BCUT2D eigenvalue weighted by Crippen LogP contribution is 2.49. The van der Waals surface area contributed by atoms with E-state index in [0.29, 0.717) is 18.6 Å². The van der Waals surface area contributed by atoms with Gasteiger partial charge in [-0.15, -0.1) is 11.6 Å². The molecule has 0 aliphatic carbocycles. The number of nitrogens with zero attached hydrogens (tertiary/aromatic N) is 1. The average Bonchev–Trinajstić information content (AvgIpc) is 2.56. The number of anilines is 1. The van der Waals surface area contributed by atoms with E-state index in [-0.39, 0.29) is 24.7 Å². The van der Waals surface area contributed by atoms with Gasteiger partial charge in [-0.05, 0) is 18.6 Å². The van der Waals surface area contributed by atoms with Gasteiger partial charge in [0.2, 0.25) is 0 Å². The molecule has 0 fully saturated rings. The molecule has 0 aliphatic heterocycles. The lowest BCUT2D eigenvalue weighted by molar-refractivity contribution is -0.390. The maximum atomic E-state index is 13.8. The Balaban J connectivity index is 3.14. The first-order valence-electron chi connectivity index (χ1n) is 7.47. The van der Waals surface area contributed by atoms with E-state index >= 15 is 0 Å². The Bertz CT molecular complexity index is 607. The minimum absolute atomic E-state index is 0.105. The first-order chi connectivity index (χ1) is 11.9. The molecular formula is C15H17ClF6N2O2. The van der Waals surface area contributed by atoms with E-state index in [1.807, 2.05) is 0 Å². The van der Waals surface area contributed by atoms with Gasteiger partial charge in [-0.1, -0.05) is 19.1 Å². The minimum Gasteiger partial charge on any atom is -0.350 e. The SMILES string of the molecule is CCCN(C(=O)NCCCl)c1ccc(C(F)(F)C(O)(F)C(F)(F)F)cc1. The molecule has 0 spiro atoms. The molecule has 1 rings (SSSR count). The van der Waals surface area contributed by atoms with Gasteiger partial charge >= 0.3 is 24.0 Å². The number of carbonyl (C=O) groups is 1. The lowest BCUT2D eigenvalue weighted by Gasteiger charge is -2.30. The van der Waals surface area contributed by atoms with Crippen LogP contribution in [0.1, 0.15) is 18.9 Å². The third-order valence-electron chi connectivity index (χ3n) is 3.40. The van der Waals surface area contributed by atoms with E-state index in [1.54, 1.807) is 6.92 Å². The highest BCUT2D eigenvalue weighted by Gasteiger charge is 2.71. The maximum absolute atomic E-state index is 13.8. The Hall–Kier alpha value is -1.68. The van der Waals surface area contributed by atoms with Crippen LogP contribution >= 0.6 is 11.6 Å². The Labute approximate surface area is 150 Å². The van der Waals surface area contributed by atoms with Crippen LogP contribution in [0.15, 0.2) is 24.3 Å². The van der Waals surface area contributed by atoms with E-state index < -0.39 is 29.5 Å². The predicted molar refractivity (Wildman–Crippen MR) is 84.2 cm³/mol. The van der Waals surface area contributed by atoms with E-state index in [1.165, 1.54) is 4.90 Å². The summed E-state index contributed by atoms with van der Waals surface area (Å²) in [6, 6.07) is 2.33. The number of hydrogen-bond acceptors (Lipinski definition) is 2. The molecule has 2 N–H and O–H groups in total. The zero-order chi connectivity index (χ0) is 20.2. The minimum atomic E-state index is -6.19. The number of halogens is 7. The number of amides is 2. The van der Waals surface area contributed by atoms with Gasteiger partial charge in [0.15, 0.2) is 0 Å². The van der Waals surface area contributed by atoms with Crippen molar-refractivity contribution >= 4 is 23.3 Å². The number of aliphatic hydroxyl groups is 1. The van der Waals surface area contributed by atoms with Crippen LogP contribution in [-0.4, -0.2) is 42.1 Å². The van der Waals surface area contributed by atoms with Gasteiger partial charge in [-0.3, -0.25) is 4.90 Å². The van der Waals surface area contributed by atoms with Gasteiger partial charge < -0.3 is 10.4 Å². The molecule has 0 bridgehead atoms. The number of carbonyl (C=O) groups excluding carboxylic acids is 1. The van der Waals surface area contributed by atoms with Crippen molar-refractivity contribution in [2.45, 2.75) is 31.3 Å². The van der Waals surface area contributed by atoms with Crippen LogP contribution in [0, 0.1) is 0 Å². The lowest BCUT2D eigenvalue weighted by Crippen LogP contribution is -2.53. The fraction of sp³-hybridized carbons (Fsp3) is 0.533. The number of rotatable bonds is 7. The van der Waals surface area contributed by atoms with Crippen LogP contribution in [0.4, 0.5) is 36.8 Å². The average molecular weight is 407 g/mol. The van der Waals surface area contributed by atoms with E-state index in [0.717, 1.165) is 12.1 Å². The number of alkyl halides is 7.